The number of aryl methyl sites for hydroxylation is 1. The molecule has 2 aromatic heterocycles. The molecule has 5 rings (SSSR count). The van der Waals surface area contributed by atoms with Gasteiger partial charge in [-0.15, -0.1) is 0 Å². The standard InChI is InChI=1S/C29H31FN4O5/c1-18-12-20-22(33-18)8-9-24(28(20)30)39-29-21-13-25(37-2)26(14-23(21)31-17-32-29)38-16-19(15-35)6-5-7-27(36)34-10-3-4-11-34/h8-9,12-15,17,19,33H,3-7,10-11,16H2,1-2H3. The second-order valence-electron chi connectivity index (χ2n) is 9.78. The lowest BCUT2D eigenvalue weighted by atomic mass is 10.0. The van der Waals surface area contributed by atoms with E-state index in [1.54, 1.807) is 30.3 Å². The quantitative estimate of drug-likeness (QED) is 0.259. The number of likely N-dealkylation sites (tertiary alicyclic amines) is 1. The SMILES string of the molecule is COc1cc2c(Oc3ccc4[nH]c(C)cc4c3F)ncnc2cc1OCC(C=O)CCCC(=O)N1CCCC1. The predicted molar refractivity (Wildman–Crippen MR) is 144 cm³/mol. The molecule has 2 aromatic carbocycles. The van der Waals surface area contributed by atoms with E-state index in [0.29, 0.717) is 52.6 Å². The Labute approximate surface area is 225 Å². The highest BCUT2D eigenvalue weighted by Gasteiger charge is 2.20. The summed E-state index contributed by atoms with van der Waals surface area (Å²) < 4.78 is 32.5. The van der Waals surface area contributed by atoms with Crippen LogP contribution in [-0.4, -0.2) is 58.9 Å². The minimum atomic E-state index is -0.488. The van der Waals surface area contributed by atoms with Crippen molar-refractivity contribution in [2.75, 3.05) is 26.8 Å². The molecule has 0 radical (unpaired) electrons. The fraction of sp³-hybridized carbons (Fsp3) is 0.379. The lowest BCUT2D eigenvalue weighted by Crippen LogP contribution is -2.27. The van der Waals surface area contributed by atoms with Gasteiger partial charge in [0.1, 0.15) is 12.6 Å². The fourth-order valence-corrected chi connectivity index (χ4v) is 4.89. The summed E-state index contributed by atoms with van der Waals surface area (Å²) in [6.45, 7) is 3.65. The topological polar surface area (TPSA) is 107 Å². The highest BCUT2D eigenvalue weighted by Crippen LogP contribution is 2.37. The zero-order chi connectivity index (χ0) is 27.4. The first-order chi connectivity index (χ1) is 19.0. The number of nitrogens with zero attached hydrogens (tertiary/aromatic N) is 3. The van der Waals surface area contributed by atoms with Gasteiger partial charge in [-0.1, -0.05) is 0 Å². The Kier molecular flexibility index (Phi) is 7.90. The van der Waals surface area contributed by atoms with Crippen LogP contribution in [0.15, 0.2) is 36.7 Å². The minimum absolute atomic E-state index is 0.0397. The van der Waals surface area contributed by atoms with E-state index in [0.717, 1.165) is 37.9 Å². The van der Waals surface area contributed by atoms with Gasteiger partial charge in [-0.05, 0) is 56.9 Å². The van der Waals surface area contributed by atoms with Gasteiger partial charge >= 0.3 is 0 Å². The maximum absolute atomic E-state index is 15.1. The van der Waals surface area contributed by atoms with Crippen molar-refractivity contribution in [3.8, 4) is 23.1 Å². The van der Waals surface area contributed by atoms with Gasteiger partial charge in [-0.25, -0.2) is 14.4 Å². The van der Waals surface area contributed by atoms with Crippen LogP contribution in [-0.2, 0) is 9.59 Å². The number of nitrogens with one attached hydrogen (secondary N) is 1. The molecule has 0 aliphatic carbocycles. The highest BCUT2D eigenvalue weighted by atomic mass is 19.1. The van der Waals surface area contributed by atoms with E-state index in [9.17, 15) is 9.59 Å². The number of amides is 1. The Balaban J connectivity index is 1.29. The van der Waals surface area contributed by atoms with E-state index < -0.39 is 5.82 Å². The van der Waals surface area contributed by atoms with E-state index in [4.69, 9.17) is 14.2 Å². The van der Waals surface area contributed by atoms with Crippen molar-refractivity contribution in [1.82, 2.24) is 19.9 Å². The first kappa shape index (κ1) is 26.4. The molecule has 1 fully saturated rings. The fourth-order valence-electron chi connectivity index (χ4n) is 4.89. The average molecular weight is 535 g/mol. The number of hydrogen-bond acceptors (Lipinski definition) is 7. The Morgan fingerprint density at radius 1 is 1.13 bits per heavy atom. The molecule has 1 saturated heterocycles. The van der Waals surface area contributed by atoms with Gasteiger partial charge in [0.15, 0.2) is 23.1 Å². The van der Waals surface area contributed by atoms with Crippen molar-refractivity contribution in [1.29, 1.82) is 0 Å². The summed E-state index contributed by atoms with van der Waals surface area (Å²) in [5.41, 5.74) is 2.03. The summed E-state index contributed by atoms with van der Waals surface area (Å²) in [5.74, 6) is 0.309. The molecule has 0 saturated carbocycles. The van der Waals surface area contributed by atoms with Crippen molar-refractivity contribution in [2.24, 2.45) is 5.92 Å². The molecule has 1 unspecified atom stereocenters. The Morgan fingerprint density at radius 3 is 2.72 bits per heavy atom. The van der Waals surface area contributed by atoms with Crippen molar-refractivity contribution in [3.63, 3.8) is 0 Å². The summed E-state index contributed by atoms with van der Waals surface area (Å²) in [6, 6.07) is 8.37. The number of halogens is 1. The van der Waals surface area contributed by atoms with Gasteiger partial charge in [0, 0.05) is 48.1 Å². The lowest BCUT2D eigenvalue weighted by Gasteiger charge is -2.17. The number of fused-ring (bicyclic) bond motifs is 2. The number of rotatable bonds is 11. The van der Waals surface area contributed by atoms with Crippen LogP contribution in [0.4, 0.5) is 4.39 Å². The van der Waals surface area contributed by atoms with Crippen molar-refractivity contribution < 1.29 is 28.2 Å². The largest absolute Gasteiger partial charge is 0.493 e. The number of carbonyl (C=O) groups excluding carboxylic acids is 2. The molecule has 10 heteroatoms. The summed E-state index contributed by atoms with van der Waals surface area (Å²) >= 11 is 0. The van der Waals surface area contributed by atoms with Crippen LogP contribution in [0, 0.1) is 18.7 Å². The van der Waals surface area contributed by atoms with Crippen LogP contribution in [0.5, 0.6) is 23.1 Å². The van der Waals surface area contributed by atoms with E-state index in [1.165, 1.54) is 13.4 Å². The highest BCUT2D eigenvalue weighted by molar-refractivity contribution is 5.87. The molecule has 0 bridgehead atoms. The molecule has 4 aromatic rings. The van der Waals surface area contributed by atoms with Gasteiger partial charge in [-0.2, -0.15) is 0 Å². The third-order valence-electron chi connectivity index (χ3n) is 7.00. The number of methoxy groups -OCH3 is 1. The van der Waals surface area contributed by atoms with Crippen LogP contribution < -0.4 is 14.2 Å². The molecule has 204 valence electrons. The number of aromatic nitrogens is 3. The molecular weight excluding hydrogens is 503 g/mol. The average Bonchev–Trinajstić information content (AvgIpc) is 3.62. The summed E-state index contributed by atoms with van der Waals surface area (Å²) in [6.07, 6.45) is 5.91. The molecule has 0 spiro atoms. The van der Waals surface area contributed by atoms with Crippen LogP contribution in [0.25, 0.3) is 21.8 Å². The molecule has 9 nitrogen and oxygen atoms in total. The third kappa shape index (κ3) is 5.79. The number of carbonyl (C=O) groups is 2. The Hall–Kier alpha value is -4.21. The maximum Gasteiger partial charge on any atom is 0.230 e. The van der Waals surface area contributed by atoms with Gasteiger partial charge in [-0.3, -0.25) is 4.79 Å². The van der Waals surface area contributed by atoms with Gasteiger partial charge in [0.25, 0.3) is 0 Å². The molecule has 1 amide bonds. The van der Waals surface area contributed by atoms with Crippen molar-refractivity contribution >= 4 is 34.0 Å². The molecule has 1 atom stereocenters. The molecule has 39 heavy (non-hydrogen) atoms. The third-order valence-corrected chi connectivity index (χ3v) is 7.00. The number of ether oxygens (including phenoxy) is 3. The first-order valence-corrected chi connectivity index (χ1v) is 13.1. The predicted octanol–water partition coefficient (Wildman–Crippen LogP) is 5.35. The molecule has 1 aliphatic heterocycles. The van der Waals surface area contributed by atoms with E-state index in [2.05, 4.69) is 15.0 Å². The Bertz CT molecular complexity index is 1500. The normalized spacial score (nSPS) is 14.1. The van der Waals surface area contributed by atoms with Gasteiger partial charge in [0.2, 0.25) is 11.8 Å². The van der Waals surface area contributed by atoms with Crippen LogP contribution in [0.2, 0.25) is 0 Å². The number of aldehydes is 1. The summed E-state index contributed by atoms with van der Waals surface area (Å²) in [7, 11) is 1.50. The zero-order valence-electron chi connectivity index (χ0n) is 22.0. The summed E-state index contributed by atoms with van der Waals surface area (Å²) in [5, 5.41) is 0.945. The second kappa shape index (κ2) is 11.7. The number of H-pyrrole nitrogens is 1. The van der Waals surface area contributed by atoms with Gasteiger partial charge in [0.05, 0.1) is 24.6 Å². The number of benzene rings is 2. The Morgan fingerprint density at radius 2 is 1.95 bits per heavy atom. The molecule has 1 N–H and O–H groups in total. The number of hydrogen-bond donors (Lipinski definition) is 1. The molecule has 3 heterocycles. The summed E-state index contributed by atoms with van der Waals surface area (Å²) in [4.78, 5) is 37.5. The van der Waals surface area contributed by atoms with Gasteiger partial charge < -0.3 is 28.9 Å². The minimum Gasteiger partial charge on any atom is -0.493 e. The van der Waals surface area contributed by atoms with E-state index in [-0.39, 0.29) is 30.1 Å². The maximum atomic E-state index is 15.1. The zero-order valence-corrected chi connectivity index (χ0v) is 22.0. The number of aromatic amines is 1. The van der Waals surface area contributed by atoms with Crippen LogP contribution in [0.1, 0.15) is 37.8 Å². The van der Waals surface area contributed by atoms with Crippen molar-refractivity contribution in [2.45, 2.75) is 39.0 Å². The van der Waals surface area contributed by atoms with Crippen molar-refractivity contribution in [3.05, 3.63) is 48.2 Å². The lowest BCUT2D eigenvalue weighted by molar-refractivity contribution is -0.130. The monoisotopic (exact) mass is 534 g/mol. The smallest absolute Gasteiger partial charge is 0.230 e. The molecular formula is C29H31FN4O5. The first-order valence-electron chi connectivity index (χ1n) is 13.1. The second-order valence-corrected chi connectivity index (χ2v) is 9.78. The van der Waals surface area contributed by atoms with E-state index in [1.807, 2.05) is 11.8 Å². The van der Waals surface area contributed by atoms with E-state index >= 15 is 4.39 Å². The van der Waals surface area contributed by atoms with Crippen LogP contribution in [0.3, 0.4) is 0 Å². The van der Waals surface area contributed by atoms with Crippen LogP contribution >= 0.6 is 0 Å². The molecule has 1 aliphatic rings.